The Labute approximate surface area is 313 Å². The van der Waals surface area contributed by atoms with Crippen molar-refractivity contribution < 1.29 is 0 Å². The van der Waals surface area contributed by atoms with Crippen molar-refractivity contribution in [3.8, 4) is 44.6 Å². The van der Waals surface area contributed by atoms with Gasteiger partial charge in [0.1, 0.15) is 0 Å². The third-order valence-corrected chi connectivity index (χ3v) is 11.3. The summed E-state index contributed by atoms with van der Waals surface area (Å²) in [5.41, 5.74) is 17.3. The molecule has 0 saturated heterocycles. The highest BCUT2D eigenvalue weighted by Crippen LogP contribution is 2.46. The standard InChI is InChI=1S/C51H33N3/c1-2-22-43-39(18-1)40-19-3-6-23-44(40)49-47(43)29-38(30-52-49)36-16-10-14-34(27-36)32-12-9-13-33(26-32)35-15-11-17-37(28-35)48-31-53-50-45-24-7-4-20-41(45)42-21-5-8-25-46(42)51(50)54-48/h1-28,30-31,47H,29H2. The second kappa shape index (κ2) is 12.3. The van der Waals surface area contributed by atoms with Crippen LogP contribution in [0.5, 0.6) is 0 Å². The summed E-state index contributed by atoms with van der Waals surface area (Å²) in [6.07, 6.45) is 4.94. The average molecular weight is 688 g/mol. The van der Waals surface area contributed by atoms with Gasteiger partial charge < -0.3 is 0 Å². The van der Waals surface area contributed by atoms with Crippen LogP contribution in [0, 0.1) is 0 Å². The normalized spacial score (nSPS) is 14.6. The summed E-state index contributed by atoms with van der Waals surface area (Å²) >= 11 is 0. The largest absolute Gasteiger partial charge is 0.260 e. The molecular formula is C51H33N3. The van der Waals surface area contributed by atoms with Gasteiger partial charge in [-0.15, -0.1) is 0 Å². The van der Waals surface area contributed by atoms with Crippen LogP contribution in [0.3, 0.4) is 0 Å². The number of rotatable bonds is 4. The zero-order valence-corrected chi connectivity index (χ0v) is 29.4. The van der Waals surface area contributed by atoms with Gasteiger partial charge in [-0.2, -0.15) is 0 Å². The summed E-state index contributed by atoms with van der Waals surface area (Å²) < 4.78 is 0. The van der Waals surface area contributed by atoms with Crippen LogP contribution in [-0.2, 0) is 0 Å². The van der Waals surface area contributed by atoms with E-state index in [1.54, 1.807) is 0 Å². The fraction of sp³-hybridized carbons (Fsp3) is 0.0392. The van der Waals surface area contributed by atoms with Crippen molar-refractivity contribution in [3.05, 3.63) is 199 Å². The summed E-state index contributed by atoms with van der Waals surface area (Å²) in [7, 11) is 0. The zero-order valence-electron chi connectivity index (χ0n) is 29.4. The summed E-state index contributed by atoms with van der Waals surface area (Å²) in [6.45, 7) is 0. The van der Waals surface area contributed by atoms with E-state index in [9.17, 15) is 0 Å². The highest BCUT2D eigenvalue weighted by atomic mass is 14.8. The number of hydrogen-bond acceptors (Lipinski definition) is 3. The van der Waals surface area contributed by atoms with Crippen molar-refractivity contribution in [2.45, 2.75) is 12.3 Å². The van der Waals surface area contributed by atoms with E-state index < -0.39 is 0 Å². The number of benzene rings is 8. The van der Waals surface area contributed by atoms with E-state index >= 15 is 0 Å². The minimum atomic E-state index is 0.237. The van der Waals surface area contributed by atoms with Gasteiger partial charge in [-0.25, -0.2) is 4.98 Å². The monoisotopic (exact) mass is 687 g/mol. The van der Waals surface area contributed by atoms with Crippen LogP contribution in [0.25, 0.3) is 82.8 Å². The van der Waals surface area contributed by atoms with E-state index in [1.807, 2.05) is 6.20 Å². The molecule has 3 heteroatoms. The summed E-state index contributed by atoms with van der Waals surface area (Å²) in [5.74, 6) is 0.237. The molecule has 252 valence electrons. The summed E-state index contributed by atoms with van der Waals surface area (Å²) in [6, 6.07) is 61.0. The zero-order chi connectivity index (χ0) is 35.6. The first-order valence-electron chi connectivity index (χ1n) is 18.6. The molecule has 0 radical (unpaired) electrons. The van der Waals surface area contributed by atoms with Crippen LogP contribution in [0.1, 0.15) is 29.0 Å². The number of allylic oxidation sites excluding steroid dienone is 1. The van der Waals surface area contributed by atoms with Gasteiger partial charge in [-0.3, -0.25) is 9.98 Å². The highest BCUT2D eigenvalue weighted by Gasteiger charge is 2.32. The van der Waals surface area contributed by atoms with Crippen LogP contribution in [-0.4, -0.2) is 15.7 Å². The van der Waals surface area contributed by atoms with Crippen molar-refractivity contribution in [2.24, 2.45) is 4.99 Å². The van der Waals surface area contributed by atoms with Gasteiger partial charge in [0.05, 0.1) is 28.6 Å². The first-order chi connectivity index (χ1) is 26.8. The maximum Gasteiger partial charge on any atom is 0.0979 e. The molecule has 9 aromatic rings. The Kier molecular flexibility index (Phi) is 6.99. The second-order valence-electron chi connectivity index (χ2n) is 14.3. The van der Waals surface area contributed by atoms with Crippen molar-refractivity contribution in [1.82, 2.24) is 9.97 Å². The van der Waals surface area contributed by atoms with Gasteiger partial charge in [0, 0.05) is 34.0 Å². The van der Waals surface area contributed by atoms with E-state index in [0.717, 1.165) is 50.6 Å². The molecule has 2 aliphatic rings. The Bertz CT molecular complexity index is 3010. The number of aliphatic imine (C=N–C) groups is 1. The molecule has 0 bridgehead atoms. The quantitative estimate of drug-likeness (QED) is 0.173. The summed E-state index contributed by atoms with van der Waals surface area (Å²) in [5, 5.41) is 4.65. The Morgan fingerprint density at radius 1 is 0.426 bits per heavy atom. The van der Waals surface area contributed by atoms with E-state index in [4.69, 9.17) is 15.0 Å². The van der Waals surface area contributed by atoms with E-state index in [1.165, 1.54) is 61.0 Å². The maximum atomic E-state index is 5.25. The molecule has 2 heterocycles. The van der Waals surface area contributed by atoms with Gasteiger partial charge in [0.2, 0.25) is 0 Å². The minimum Gasteiger partial charge on any atom is -0.260 e. The van der Waals surface area contributed by atoms with Gasteiger partial charge >= 0.3 is 0 Å². The molecule has 0 N–H and O–H groups in total. The van der Waals surface area contributed by atoms with Crippen LogP contribution in [0.15, 0.2) is 187 Å². The fourth-order valence-corrected chi connectivity index (χ4v) is 8.70. The molecule has 1 atom stereocenters. The van der Waals surface area contributed by atoms with Crippen molar-refractivity contribution in [1.29, 1.82) is 0 Å². The number of aromatic nitrogens is 2. The molecule has 0 fully saturated rings. The molecule has 1 aliphatic carbocycles. The lowest BCUT2D eigenvalue weighted by Crippen LogP contribution is -2.22. The Balaban J connectivity index is 0.934. The molecule has 0 saturated carbocycles. The van der Waals surface area contributed by atoms with Gasteiger partial charge in [0.25, 0.3) is 0 Å². The Morgan fingerprint density at radius 3 is 1.65 bits per heavy atom. The van der Waals surface area contributed by atoms with Crippen molar-refractivity contribution >= 4 is 43.9 Å². The number of hydrogen-bond donors (Lipinski definition) is 0. The van der Waals surface area contributed by atoms with E-state index in [0.29, 0.717) is 0 Å². The highest BCUT2D eigenvalue weighted by molar-refractivity contribution is 6.23. The number of nitrogens with zero attached hydrogens (tertiary/aromatic N) is 3. The third-order valence-electron chi connectivity index (χ3n) is 11.3. The van der Waals surface area contributed by atoms with Crippen LogP contribution < -0.4 is 0 Å². The van der Waals surface area contributed by atoms with Crippen LogP contribution in [0.4, 0.5) is 0 Å². The molecule has 0 spiro atoms. The predicted molar refractivity (Wildman–Crippen MR) is 225 cm³/mol. The van der Waals surface area contributed by atoms with Gasteiger partial charge in [-0.1, -0.05) is 152 Å². The lowest BCUT2D eigenvalue weighted by atomic mass is 9.73. The number of fused-ring (bicyclic) bond motifs is 12. The van der Waals surface area contributed by atoms with Gasteiger partial charge in [0.15, 0.2) is 0 Å². The molecule has 1 aromatic heterocycles. The molecule has 54 heavy (non-hydrogen) atoms. The Morgan fingerprint density at radius 2 is 0.944 bits per heavy atom. The predicted octanol–water partition coefficient (Wildman–Crippen LogP) is 12.9. The fourth-order valence-electron chi connectivity index (χ4n) is 8.70. The molecule has 1 unspecified atom stereocenters. The molecule has 3 nitrogen and oxygen atoms in total. The summed E-state index contributed by atoms with van der Waals surface area (Å²) in [4.78, 5) is 15.4. The SMILES string of the molecule is C1=C(c2cccc(-c3cccc(-c4cccc(-c5cnc6c7ccccc7c7ccccc7c6n5)c4)c3)c2)CC2C(=N1)c1ccccc1-c1ccccc12. The second-order valence-corrected chi connectivity index (χ2v) is 14.3. The van der Waals surface area contributed by atoms with Crippen LogP contribution in [0.2, 0.25) is 0 Å². The van der Waals surface area contributed by atoms with Crippen LogP contribution >= 0.6 is 0 Å². The average Bonchev–Trinajstić information content (AvgIpc) is 3.26. The minimum absolute atomic E-state index is 0.237. The third kappa shape index (κ3) is 4.93. The van der Waals surface area contributed by atoms with Crippen molar-refractivity contribution in [2.75, 3.05) is 0 Å². The molecule has 0 amide bonds. The van der Waals surface area contributed by atoms with E-state index in [-0.39, 0.29) is 5.92 Å². The van der Waals surface area contributed by atoms with E-state index in [2.05, 4.69) is 176 Å². The molecule has 8 aromatic carbocycles. The lowest BCUT2D eigenvalue weighted by Gasteiger charge is -2.32. The topological polar surface area (TPSA) is 38.1 Å². The molecule has 1 aliphatic heterocycles. The first kappa shape index (κ1) is 30.6. The molecular weight excluding hydrogens is 655 g/mol. The van der Waals surface area contributed by atoms with Gasteiger partial charge in [-0.05, 0) is 85.5 Å². The maximum absolute atomic E-state index is 5.25. The molecule has 11 rings (SSSR count). The Hall–Kier alpha value is -6.97. The smallest absolute Gasteiger partial charge is 0.0979 e. The first-order valence-corrected chi connectivity index (χ1v) is 18.6. The lowest BCUT2D eigenvalue weighted by molar-refractivity contribution is 0.899. The van der Waals surface area contributed by atoms with Crippen molar-refractivity contribution in [3.63, 3.8) is 0 Å².